The van der Waals surface area contributed by atoms with Crippen molar-refractivity contribution in [2.75, 3.05) is 26.4 Å². The fourth-order valence-electron chi connectivity index (χ4n) is 15.3. The molecular weight excluding hydrogens is 1840 g/mol. The maximum Gasteiger partial charge on any atom is 0.402 e. The number of fused-ring (bicyclic) bond motifs is 4. The molecule has 738 valence electrons. The van der Waals surface area contributed by atoms with Crippen molar-refractivity contribution in [1.29, 1.82) is 0 Å². The van der Waals surface area contributed by atoms with Gasteiger partial charge in [-0.1, -0.05) is 18.2 Å². The van der Waals surface area contributed by atoms with E-state index in [4.69, 9.17) is 65.0 Å². The van der Waals surface area contributed by atoms with Crippen LogP contribution >= 0.6 is 0 Å². The minimum atomic E-state index is -1.82. The van der Waals surface area contributed by atoms with Crippen LogP contribution in [0.1, 0.15) is 23.6 Å². The summed E-state index contributed by atoms with van der Waals surface area (Å²) < 4.78 is 79.5. The maximum absolute atomic E-state index is 10.7. The van der Waals surface area contributed by atoms with Crippen LogP contribution in [0.25, 0.3) is 89.2 Å². The third kappa shape index (κ3) is 21.2. The zero-order valence-corrected chi connectivity index (χ0v) is 72.7. The Hall–Kier alpha value is -13.0. The van der Waals surface area contributed by atoms with E-state index in [0.717, 1.165) is 30.3 Å². The van der Waals surface area contributed by atoms with Gasteiger partial charge in [0.05, 0.1) is 79.1 Å². The molecule has 17 rings (SSSR count). The van der Waals surface area contributed by atoms with Crippen LogP contribution in [0.15, 0.2) is 163 Å². The summed E-state index contributed by atoms with van der Waals surface area (Å²) in [6, 6.07) is 32.7. The first-order valence-corrected chi connectivity index (χ1v) is 42.3. The Morgan fingerprint density at radius 3 is 0.899 bits per heavy atom. The SMILES string of the molecule is CC1OC(OCC2OC(Oc3cc4c(O)cc(O)cc4[o+]c3-c3ccc(O)c(O)c3)C(O)C(O)C2O)C(O)C(O)C1O.Cc1ccc(-c2[o+]c3cc(O)cc(O)c3cc2O)cc1O.Cc1ccc(-c2[o+]c3cc(O)cc(O)c3cc2OC2OC(CO)C(O)C(O)C2O)cc1O.Cc1ccc(-c2[o+]c3cc(O)cc(OC4OC(CO)C(O)C(O)C4O)c3cc2OC2OC(CO)C(O)C(O)C2O)cc1O. The monoisotopic (exact) mass is 1940 g/mol. The minimum absolute atomic E-state index is 0.00170. The van der Waals surface area contributed by atoms with Crippen LogP contribution < -0.4 is 18.9 Å². The summed E-state index contributed by atoms with van der Waals surface area (Å²) >= 11 is 0. The van der Waals surface area contributed by atoms with Crippen LogP contribution in [0.5, 0.6) is 97.7 Å². The Balaban J connectivity index is 0.000000151. The molecule has 0 amide bonds. The molecule has 45 heteroatoms. The Morgan fingerprint density at radius 2 is 0.536 bits per heavy atom. The first-order chi connectivity index (χ1) is 65.4. The summed E-state index contributed by atoms with van der Waals surface area (Å²) in [5.41, 5.74) is 3.50. The number of phenols is 12. The van der Waals surface area contributed by atoms with Crippen LogP contribution in [-0.2, 0) is 28.4 Å². The predicted molar refractivity (Wildman–Crippen MR) is 469 cm³/mol. The molecule has 5 aliphatic heterocycles. The number of aromatic hydroxyl groups is 13. The van der Waals surface area contributed by atoms with Crippen molar-refractivity contribution in [2.24, 2.45) is 0 Å². The number of aliphatic hydroxyl groups excluding tert-OH is 18. The molecule has 45 nitrogen and oxygen atoms in total. The number of rotatable bonds is 18. The first-order valence-electron chi connectivity index (χ1n) is 42.3. The number of aliphatic hydroxyl groups is 18. The molecule has 5 aliphatic rings. The smallest absolute Gasteiger partial charge is 0.402 e. The molecule has 5 fully saturated rings. The Labute approximate surface area is 777 Å². The molecule has 0 aliphatic carbocycles. The van der Waals surface area contributed by atoms with Crippen molar-refractivity contribution in [3.63, 3.8) is 0 Å². The fraction of sp³-hybridized carbons (Fsp3) is 0.355. The van der Waals surface area contributed by atoms with Gasteiger partial charge in [-0.15, -0.1) is 0 Å². The second kappa shape index (κ2) is 41.8. The number of hydrogen-bond acceptors (Lipinski definition) is 41. The van der Waals surface area contributed by atoms with E-state index in [9.17, 15) is 158 Å². The molecule has 12 aromatic rings. The van der Waals surface area contributed by atoms with Gasteiger partial charge in [-0.3, -0.25) is 0 Å². The highest BCUT2D eigenvalue weighted by Crippen LogP contribution is 2.49. The lowest BCUT2D eigenvalue weighted by Crippen LogP contribution is -2.61. The van der Waals surface area contributed by atoms with Gasteiger partial charge in [0.15, 0.2) is 17.8 Å². The summed E-state index contributed by atoms with van der Waals surface area (Å²) in [5.74, 6) is -3.53. The number of phenolic OH excluding ortho intramolecular Hbond substituents is 12. The predicted octanol–water partition coefficient (Wildman–Crippen LogP) is 2.19. The first kappa shape index (κ1) is 101. The van der Waals surface area contributed by atoms with Crippen LogP contribution in [0.3, 0.4) is 0 Å². The van der Waals surface area contributed by atoms with E-state index in [1.54, 1.807) is 57.2 Å². The van der Waals surface area contributed by atoms with Crippen molar-refractivity contribution in [1.82, 2.24) is 0 Å². The topological polar surface area (TPSA) is 765 Å². The van der Waals surface area contributed by atoms with Crippen molar-refractivity contribution >= 4 is 43.9 Å². The lowest BCUT2D eigenvalue weighted by molar-refractivity contribution is -0.318. The van der Waals surface area contributed by atoms with Crippen LogP contribution in [0, 0.1) is 20.8 Å². The van der Waals surface area contributed by atoms with Gasteiger partial charge in [-0.05, 0) is 92.9 Å². The number of ether oxygens (including phenoxy) is 10. The van der Waals surface area contributed by atoms with Gasteiger partial charge in [0.25, 0.3) is 0 Å². The van der Waals surface area contributed by atoms with Gasteiger partial charge in [-0.2, -0.15) is 0 Å². The van der Waals surface area contributed by atoms with E-state index in [1.165, 1.54) is 85.8 Å². The number of benzene rings is 8. The summed E-state index contributed by atoms with van der Waals surface area (Å²) in [5, 5.41) is 313. The summed E-state index contributed by atoms with van der Waals surface area (Å²) in [4.78, 5) is 0. The molecule has 4 aromatic heterocycles. The fourth-order valence-corrected chi connectivity index (χ4v) is 15.3. The lowest BCUT2D eigenvalue weighted by Gasteiger charge is -2.42. The van der Waals surface area contributed by atoms with Gasteiger partial charge in [-0.25, -0.2) is 17.7 Å². The Morgan fingerprint density at radius 1 is 0.246 bits per heavy atom. The van der Waals surface area contributed by atoms with Crippen LogP contribution in [0.4, 0.5) is 0 Å². The van der Waals surface area contributed by atoms with Crippen molar-refractivity contribution in [2.45, 2.75) is 181 Å². The summed E-state index contributed by atoms with van der Waals surface area (Å²) in [6.07, 6.45) is -39.0. The standard InChI is InChI=1S/C28H32O15.C27H30O15.C22H22O10.C16H12O5/c1-10-2-3-11(4-14(10)32)26-17(41-28-25(38)23(36)21(34)19(9-30)43-28)7-13-15(39-26)5-12(31)6-16(13)40-27-24(37)22(35)20(33)18(8-29)42-27;1-9-19(32)21(34)23(36)26(39-9)38-8-18-20(33)22(35)24(37)27(42-18)41-17-7-12-14(30)5-11(28)6-16(12)40-25(17)10-2-3-13(29)15(31)4-10;1-9-2-3-10(4-13(9)25)21-16(7-12-14(26)5-11(24)6-15(12)30-21)31-22-20(29)19(28)18(27)17(8-23)32-22;1-8-2-3-9(4-12(8)18)16-14(20)7-11-13(19)5-10(17)6-15(11)21-16/h2-7,18-25,27-30,33-38H,8-9H2,1H3,(H-,31,32);2-7,9,18-24,26-27,32-37H,8H2,1H3,(H3-,28,29,30,31);2-7,17-20,22-23,27-29H,8H2,1H3,(H2-,24,25,26);2-7H,1H3,(H3-,17,18,19,20)/p+4. The Bertz CT molecular complexity index is 6380. The van der Waals surface area contributed by atoms with Crippen molar-refractivity contribution < 1.29 is 223 Å². The lowest BCUT2D eigenvalue weighted by atomic mass is 9.98. The molecule has 25 unspecified atom stereocenters. The Kier molecular flexibility index (Phi) is 30.6. The van der Waals surface area contributed by atoms with E-state index in [1.807, 2.05) is 0 Å². The third-order valence-electron chi connectivity index (χ3n) is 23.3. The molecule has 138 heavy (non-hydrogen) atoms. The molecule has 25 atom stereocenters. The zero-order chi connectivity index (χ0) is 99.9. The highest BCUT2D eigenvalue weighted by atomic mass is 16.7. The van der Waals surface area contributed by atoms with Gasteiger partial charge in [0.2, 0.25) is 48.2 Å². The quantitative estimate of drug-likeness (QED) is 0.0432. The van der Waals surface area contributed by atoms with Crippen molar-refractivity contribution in [3.8, 4) is 143 Å². The molecule has 0 bridgehead atoms. The largest absolute Gasteiger partial charge is 0.508 e. The highest BCUT2D eigenvalue weighted by molar-refractivity contribution is 5.92. The van der Waals surface area contributed by atoms with E-state index < -0.39 is 197 Å². The highest BCUT2D eigenvalue weighted by Gasteiger charge is 2.52. The van der Waals surface area contributed by atoms with Gasteiger partial charge >= 0.3 is 45.4 Å². The van der Waals surface area contributed by atoms with Crippen LogP contribution in [0.2, 0.25) is 0 Å². The zero-order valence-electron chi connectivity index (χ0n) is 72.7. The van der Waals surface area contributed by atoms with Gasteiger partial charge in [0, 0.05) is 54.6 Å². The molecule has 0 saturated carbocycles. The number of aryl methyl sites for hydroxylation is 3. The normalized spacial score (nSPS) is 28.1. The van der Waals surface area contributed by atoms with E-state index in [-0.39, 0.29) is 159 Å². The average Bonchev–Trinajstić information content (AvgIpc) is 0.762. The van der Waals surface area contributed by atoms with Crippen LogP contribution in [-0.4, -0.2) is 338 Å². The second-order valence-corrected chi connectivity index (χ2v) is 33.1. The number of hydrogen-bond donors (Lipinski definition) is 31. The van der Waals surface area contributed by atoms with E-state index >= 15 is 0 Å². The molecule has 31 N–H and O–H groups in total. The third-order valence-corrected chi connectivity index (χ3v) is 23.3. The van der Waals surface area contributed by atoms with E-state index in [2.05, 4.69) is 0 Å². The molecule has 9 heterocycles. The van der Waals surface area contributed by atoms with Gasteiger partial charge < -0.3 is 206 Å². The molecule has 0 radical (unpaired) electrons. The van der Waals surface area contributed by atoms with Crippen molar-refractivity contribution in [3.05, 3.63) is 162 Å². The average molecular weight is 1940 g/mol. The molecule has 5 saturated heterocycles. The maximum atomic E-state index is 10.7. The molecule has 8 aromatic carbocycles. The minimum Gasteiger partial charge on any atom is -0.508 e. The van der Waals surface area contributed by atoms with Gasteiger partial charge in [0.1, 0.15) is 201 Å². The second-order valence-electron chi connectivity index (χ2n) is 33.1. The molecule has 0 spiro atoms. The summed E-state index contributed by atoms with van der Waals surface area (Å²) in [7, 11) is 0. The molecular formula is C93H100O45+4. The summed E-state index contributed by atoms with van der Waals surface area (Å²) in [6.45, 7) is 4.01. The van der Waals surface area contributed by atoms with E-state index in [0.29, 0.717) is 27.8 Å².